The molecular formula is C9H10FNO3. The van der Waals surface area contributed by atoms with Crippen LogP contribution in [0, 0.1) is 5.82 Å². The molecule has 0 saturated heterocycles. The van der Waals surface area contributed by atoms with E-state index in [2.05, 4.69) is 9.78 Å². The third kappa shape index (κ3) is 2.62. The molecule has 0 aliphatic heterocycles. The molecule has 4 nitrogen and oxygen atoms in total. The first-order valence-electron chi connectivity index (χ1n) is 4.06. The summed E-state index contributed by atoms with van der Waals surface area (Å²) in [6.07, 6.45) is 0.205. The van der Waals surface area contributed by atoms with Gasteiger partial charge in [-0.05, 0) is 12.1 Å². The minimum atomic E-state index is -0.542. The molecule has 1 aromatic carbocycles. The van der Waals surface area contributed by atoms with Crippen molar-refractivity contribution in [1.29, 1.82) is 0 Å². The molecule has 0 aliphatic carbocycles. The van der Waals surface area contributed by atoms with Gasteiger partial charge in [0, 0.05) is 12.5 Å². The Morgan fingerprint density at radius 2 is 2.29 bits per heavy atom. The molecule has 0 atom stereocenters. The predicted molar refractivity (Wildman–Crippen MR) is 47.8 cm³/mol. The maximum absolute atomic E-state index is 12.7. The van der Waals surface area contributed by atoms with Gasteiger partial charge in [-0.2, -0.15) is 0 Å². The lowest BCUT2D eigenvalue weighted by Crippen LogP contribution is -2.06. The van der Waals surface area contributed by atoms with E-state index in [1.807, 2.05) is 0 Å². The number of halogens is 1. The van der Waals surface area contributed by atoms with Gasteiger partial charge in [-0.3, -0.25) is 9.78 Å². The number of rotatable bonds is 3. The van der Waals surface area contributed by atoms with Crippen molar-refractivity contribution in [2.75, 3.05) is 5.73 Å². The molecule has 0 bridgehead atoms. The Labute approximate surface area is 80.3 Å². The molecule has 0 aromatic heterocycles. The topological polar surface area (TPSA) is 61.5 Å². The van der Waals surface area contributed by atoms with E-state index in [4.69, 9.17) is 5.73 Å². The van der Waals surface area contributed by atoms with E-state index in [1.165, 1.54) is 12.1 Å². The molecule has 76 valence electrons. The largest absolute Gasteiger partial charge is 0.396 e. The second-order valence-corrected chi connectivity index (χ2v) is 2.58. The molecule has 0 fully saturated rings. The average molecular weight is 199 g/mol. The molecule has 0 unspecified atom stereocenters. The number of hydrogen-bond donors (Lipinski definition) is 1. The van der Waals surface area contributed by atoms with E-state index >= 15 is 0 Å². The van der Waals surface area contributed by atoms with Crippen molar-refractivity contribution in [1.82, 2.24) is 0 Å². The highest BCUT2D eigenvalue weighted by Gasteiger charge is 2.04. The summed E-state index contributed by atoms with van der Waals surface area (Å²) in [4.78, 5) is 19.6. The molecule has 2 N–H and O–H groups in total. The van der Waals surface area contributed by atoms with Gasteiger partial charge in [0.25, 0.3) is 0 Å². The van der Waals surface area contributed by atoms with E-state index in [1.54, 1.807) is 6.92 Å². The first kappa shape index (κ1) is 10.3. The highest BCUT2D eigenvalue weighted by molar-refractivity contribution is 5.68. The summed E-state index contributed by atoms with van der Waals surface area (Å²) in [5.74, 6) is -0.863. The van der Waals surface area contributed by atoms with Gasteiger partial charge in [0.1, 0.15) is 5.82 Å². The number of carbonyl (C=O) groups is 1. The smallest absolute Gasteiger partial charge is 0.355 e. The van der Waals surface area contributed by atoms with Gasteiger partial charge in [0.15, 0.2) is 5.75 Å². The Kier molecular flexibility index (Phi) is 3.28. The molecule has 14 heavy (non-hydrogen) atoms. The molecule has 0 heterocycles. The third-order valence-electron chi connectivity index (χ3n) is 1.49. The van der Waals surface area contributed by atoms with Crippen LogP contribution in [0.25, 0.3) is 0 Å². The predicted octanol–water partition coefficient (Wildman–Crippen LogP) is 1.65. The van der Waals surface area contributed by atoms with Crippen LogP contribution in [0.15, 0.2) is 18.2 Å². The number of benzene rings is 1. The SMILES string of the molecule is CCC(=O)OOc1ccc(F)c(N)c1. The second kappa shape index (κ2) is 4.45. The van der Waals surface area contributed by atoms with Gasteiger partial charge in [-0.15, -0.1) is 0 Å². The zero-order chi connectivity index (χ0) is 10.6. The first-order valence-corrected chi connectivity index (χ1v) is 4.06. The van der Waals surface area contributed by atoms with Gasteiger partial charge in [0.05, 0.1) is 5.69 Å². The number of carbonyl (C=O) groups excluding carboxylic acids is 1. The van der Waals surface area contributed by atoms with Gasteiger partial charge < -0.3 is 5.73 Å². The lowest BCUT2D eigenvalue weighted by Gasteiger charge is -2.03. The number of nitrogen functional groups attached to an aromatic ring is 1. The van der Waals surface area contributed by atoms with E-state index < -0.39 is 11.8 Å². The molecule has 1 aromatic rings. The van der Waals surface area contributed by atoms with Crippen molar-refractivity contribution in [3.8, 4) is 5.75 Å². The molecule has 5 heteroatoms. The van der Waals surface area contributed by atoms with Crippen LogP contribution in [-0.4, -0.2) is 5.97 Å². The van der Waals surface area contributed by atoms with Crippen molar-refractivity contribution in [3.05, 3.63) is 24.0 Å². The van der Waals surface area contributed by atoms with Crippen molar-refractivity contribution in [3.63, 3.8) is 0 Å². The number of anilines is 1. The Balaban J connectivity index is 2.60. The molecule has 1 rings (SSSR count). The maximum Gasteiger partial charge on any atom is 0.355 e. The fourth-order valence-corrected chi connectivity index (χ4v) is 0.727. The molecular weight excluding hydrogens is 189 g/mol. The standard InChI is InChI=1S/C9H10FNO3/c1-2-9(12)14-13-6-3-4-7(10)8(11)5-6/h3-5H,2,11H2,1H3. The van der Waals surface area contributed by atoms with Gasteiger partial charge in [-0.1, -0.05) is 6.92 Å². The van der Waals surface area contributed by atoms with Crippen molar-refractivity contribution < 1.29 is 19.0 Å². The van der Waals surface area contributed by atoms with Crippen molar-refractivity contribution >= 4 is 11.7 Å². The summed E-state index contributed by atoms with van der Waals surface area (Å²) < 4.78 is 12.7. The Morgan fingerprint density at radius 1 is 1.57 bits per heavy atom. The number of hydrogen-bond acceptors (Lipinski definition) is 4. The van der Waals surface area contributed by atoms with Crippen LogP contribution in [0.5, 0.6) is 5.75 Å². The van der Waals surface area contributed by atoms with Crippen LogP contribution in [0.4, 0.5) is 10.1 Å². The summed E-state index contributed by atoms with van der Waals surface area (Å²) in [6.45, 7) is 1.63. The monoisotopic (exact) mass is 199 g/mol. The summed E-state index contributed by atoms with van der Waals surface area (Å²) in [7, 11) is 0. The normalized spacial score (nSPS) is 9.57. The van der Waals surface area contributed by atoms with E-state index in [0.29, 0.717) is 0 Å². The van der Waals surface area contributed by atoms with Crippen LogP contribution in [0.2, 0.25) is 0 Å². The van der Waals surface area contributed by atoms with Crippen LogP contribution >= 0.6 is 0 Å². The van der Waals surface area contributed by atoms with Gasteiger partial charge in [0.2, 0.25) is 0 Å². The number of nitrogens with two attached hydrogens (primary N) is 1. The van der Waals surface area contributed by atoms with Gasteiger partial charge >= 0.3 is 5.97 Å². The quantitative estimate of drug-likeness (QED) is 0.456. The molecule has 0 radical (unpaired) electrons. The molecule has 0 aliphatic rings. The van der Waals surface area contributed by atoms with E-state index in [0.717, 1.165) is 6.07 Å². The fraction of sp³-hybridized carbons (Fsp3) is 0.222. The summed E-state index contributed by atoms with van der Waals surface area (Å²) >= 11 is 0. The van der Waals surface area contributed by atoms with Crippen molar-refractivity contribution in [2.24, 2.45) is 0 Å². The second-order valence-electron chi connectivity index (χ2n) is 2.58. The molecule has 0 spiro atoms. The summed E-state index contributed by atoms with van der Waals surface area (Å²) in [5, 5.41) is 0. The Bertz CT molecular complexity index is 341. The zero-order valence-electron chi connectivity index (χ0n) is 7.62. The Morgan fingerprint density at radius 3 is 2.86 bits per heavy atom. The van der Waals surface area contributed by atoms with E-state index in [-0.39, 0.29) is 17.9 Å². The first-order chi connectivity index (χ1) is 6.63. The highest BCUT2D eigenvalue weighted by atomic mass is 19.1. The van der Waals surface area contributed by atoms with Crippen LogP contribution in [-0.2, 0) is 9.68 Å². The van der Waals surface area contributed by atoms with Crippen LogP contribution < -0.4 is 10.6 Å². The summed E-state index contributed by atoms with van der Waals surface area (Å²) in [5.41, 5.74) is 5.20. The lowest BCUT2D eigenvalue weighted by atomic mass is 10.3. The fourth-order valence-electron chi connectivity index (χ4n) is 0.727. The maximum atomic E-state index is 12.7. The minimum Gasteiger partial charge on any atom is -0.396 e. The average Bonchev–Trinajstić information content (AvgIpc) is 2.19. The minimum absolute atomic E-state index is 0.0601. The van der Waals surface area contributed by atoms with Crippen molar-refractivity contribution in [2.45, 2.75) is 13.3 Å². The van der Waals surface area contributed by atoms with Crippen LogP contribution in [0.1, 0.15) is 13.3 Å². The van der Waals surface area contributed by atoms with Gasteiger partial charge in [-0.25, -0.2) is 9.18 Å². The highest BCUT2D eigenvalue weighted by Crippen LogP contribution is 2.18. The lowest BCUT2D eigenvalue weighted by molar-refractivity contribution is -0.213. The molecule has 0 saturated carbocycles. The zero-order valence-corrected chi connectivity index (χ0v) is 7.62. The third-order valence-corrected chi connectivity index (χ3v) is 1.49. The molecule has 0 amide bonds. The summed E-state index contributed by atoms with van der Waals surface area (Å²) in [6, 6.07) is 3.68. The van der Waals surface area contributed by atoms with Crippen LogP contribution in [0.3, 0.4) is 0 Å². The van der Waals surface area contributed by atoms with E-state index in [9.17, 15) is 9.18 Å². The Hall–Kier alpha value is -1.78.